The van der Waals surface area contributed by atoms with Gasteiger partial charge >= 0.3 is 5.69 Å². The van der Waals surface area contributed by atoms with E-state index in [1.165, 1.54) is 23.4 Å². The second kappa shape index (κ2) is 7.57. The maximum absolute atomic E-state index is 12.7. The number of nitrogens with zero attached hydrogens (tertiary/aromatic N) is 4. The topological polar surface area (TPSA) is 61.8 Å². The largest absolute Gasteiger partial charge is 0.332 e. The van der Waals surface area contributed by atoms with Crippen LogP contribution in [0.25, 0.3) is 11.2 Å². The van der Waals surface area contributed by atoms with Gasteiger partial charge in [0, 0.05) is 26.2 Å². The van der Waals surface area contributed by atoms with Gasteiger partial charge in [-0.15, -0.1) is 0 Å². The predicted octanol–water partition coefficient (Wildman–Crippen LogP) is 3.51. The van der Waals surface area contributed by atoms with E-state index in [-0.39, 0.29) is 10.8 Å². The van der Waals surface area contributed by atoms with Crippen molar-refractivity contribution >= 4 is 34.5 Å². The van der Waals surface area contributed by atoms with E-state index in [9.17, 15) is 9.59 Å². The number of halogens is 1. The van der Waals surface area contributed by atoms with Crippen LogP contribution in [-0.4, -0.2) is 18.7 Å². The molecule has 0 saturated carbocycles. The molecule has 1 atom stereocenters. The number of hydrogen-bond donors (Lipinski definition) is 0. The lowest BCUT2D eigenvalue weighted by Gasteiger charge is -2.17. The first kappa shape index (κ1) is 19.5. The highest BCUT2D eigenvalue weighted by atomic mass is 35.5. The first-order valence-corrected chi connectivity index (χ1v) is 10.2. The first-order valence-electron chi connectivity index (χ1n) is 8.98. The van der Waals surface area contributed by atoms with Crippen molar-refractivity contribution in [1.29, 1.82) is 0 Å². The third-order valence-corrected chi connectivity index (χ3v) is 6.54. The smallest absolute Gasteiger partial charge is 0.316 e. The lowest BCUT2D eigenvalue weighted by atomic mass is 10.0. The van der Waals surface area contributed by atoms with Gasteiger partial charge in [-0.05, 0) is 23.3 Å². The van der Waals surface area contributed by atoms with Crippen LogP contribution < -0.4 is 11.2 Å². The van der Waals surface area contributed by atoms with Gasteiger partial charge in [-0.1, -0.05) is 65.8 Å². The Hall–Kier alpha value is -2.77. The lowest BCUT2D eigenvalue weighted by molar-refractivity contribution is 0.705. The molecule has 0 spiro atoms. The number of benzene rings is 2. The van der Waals surface area contributed by atoms with E-state index in [2.05, 4.69) is 17.1 Å². The Morgan fingerprint density at radius 2 is 1.48 bits per heavy atom. The summed E-state index contributed by atoms with van der Waals surface area (Å²) in [5.74, 6) is 0. The Kier molecular flexibility index (Phi) is 5.10. The number of hydrogen-bond acceptors (Lipinski definition) is 4. The zero-order valence-corrected chi connectivity index (χ0v) is 17.7. The monoisotopic (exact) mass is 426 g/mol. The number of aryl methyl sites for hydroxylation is 2. The SMILES string of the molecule is Cn1c(=O)c2c(nc(S[C@H](c3ccccc3)c3ccc(Cl)cc3)n2C)n(C)c1=O. The van der Waals surface area contributed by atoms with Gasteiger partial charge in [-0.25, -0.2) is 9.78 Å². The molecule has 0 aliphatic heterocycles. The number of rotatable bonds is 4. The van der Waals surface area contributed by atoms with E-state index >= 15 is 0 Å². The Morgan fingerprint density at radius 1 is 0.862 bits per heavy atom. The average molecular weight is 427 g/mol. The van der Waals surface area contributed by atoms with Crippen LogP contribution in [0.3, 0.4) is 0 Å². The van der Waals surface area contributed by atoms with Gasteiger partial charge < -0.3 is 4.57 Å². The summed E-state index contributed by atoms with van der Waals surface area (Å²) in [6.45, 7) is 0. The third-order valence-electron chi connectivity index (χ3n) is 4.93. The van der Waals surface area contributed by atoms with E-state index in [1.807, 2.05) is 42.5 Å². The molecule has 0 saturated heterocycles. The Labute approximate surface area is 176 Å². The van der Waals surface area contributed by atoms with E-state index in [0.717, 1.165) is 15.7 Å². The van der Waals surface area contributed by atoms with Crippen molar-refractivity contribution in [3.63, 3.8) is 0 Å². The van der Waals surface area contributed by atoms with Crippen molar-refractivity contribution in [2.24, 2.45) is 21.1 Å². The predicted molar refractivity (Wildman–Crippen MR) is 117 cm³/mol. The highest BCUT2D eigenvalue weighted by molar-refractivity contribution is 7.99. The molecule has 8 heteroatoms. The maximum Gasteiger partial charge on any atom is 0.332 e. The van der Waals surface area contributed by atoms with Gasteiger partial charge in [0.1, 0.15) is 0 Å². The Bertz CT molecular complexity index is 1310. The first-order chi connectivity index (χ1) is 13.9. The minimum absolute atomic E-state index is 0.0511. The van der Waals surface area contributed by atoms with Crippen LogP contribution >= 0.6 is 23.4 Å². The van der Waals surface area contributed by atoms with Crippen LogP contribution in [0.15, 0.2) is 69.3 Å². The molecule has 0 radical (unpaired) electrons. The number of aromatic nitrogens is 4. The highest BCUT2D eigenvalue weighted by Gasteiger charge is 2.22. The molecule has 29 heavy (non-hydrogen) atoms. The summed E-state index contributed by atoms with van der Waals surface area (Å²) in [4.78, 5) is 29.6. The van der Waals surface area contributed by atoms with Gasteiger partial charge in [-0.3, -0.25) is 13.9 Å². The minimum atomic E-state index is -0.394. The zero-order chi connectivity index (χ0) is 20.7. The molecular weight excluding hydrogens is 408 g/mol. The Morgan fingerprint density at radius 3 is 2.14 bits per heavy atom. The fourth-order valence-electron chi connectivity index (χ4n) is 3.30. The molecule has 0 amide bonds. The van der Waals surface area contributed by atoms with Gasteiger partial charge in [0.25, 0.3) is 5.56 Å². The molecule has 0 bridgehead atoms. The maximum atomic E-state index is 12.7. The molecule has 4 aromatic rings. The van der Waals surface area contributed by atoms with Crippen LogP contribution in [0.2, 0.25) is 5.02 Å². The van der Waals surface area contributed by atoms with Crippen LogP contribution in [0, 0.1) is 0 Å². The molecule has 4 rings (SSSR count). The summed E-state index contributed by atoms with van der Waals surface area (Å²) in [5.41, 5.74) is 2.21. The zero-order valence-electron chi connectivity index (χ0n) is 16.2. The van der Waals surface area contributed by atoms with E-state index < -0.39 is 5.69 Å². The third kappa shape index (κ3) is 3.41. The van der Waals surface area contributed by atoms with Crippen molar-refractivity contribution in [3.05, 3.63) is 91.6 Å². The quantitative estimate of drug-likeness (QED) is 0.468. The van der Waals surface area contributed by atoms with Gasteiger partial charge in [0.15, 0.2) is 16.3 Å². The van der Waals surface area contributed by atoms with Crippen molar-refractivity contribution < 1.29 is 0 Å². The summed E-state index contributed by atoms with van der Waals surface area (Å²) in [6, 6.07) is 17.8. The molecule has 148 valence electrons. The summed E-state index contributed by atoms with van der Waals surface area (Å²) >= 11 is 7.60. The number of imidazole rings is 1. The van der Waals surface area contributed by atoms with E-state index in [4.69, 9.17) is 11.6 Å². The summed E-state index contributed by atoms with van der Waals surface area (Å²) in [5, 5.41) is 1.28. The van der Waals surface area contributed by atoms with Crippen molar-refractivity contribution in [3.8, 4) is 0 Å². The Balaban J connectivity index is 1.88. The standard InChI is InChI=1S/C21H19ClN4O2S/c1-24-16-18(25(2)21(28)26(3)19(16)27)23-20(24)29-17(13-7-5-4-6-8-13)14-9-11-15(22)12-10-14/h4-12,17H,1-3H3/t17-/m1/s1. The van der Waals surface area contributed by atoms with Crippen molar-refractivity contribution in [1.82, 2.24) is 18.7 Å². The second-order valence-corrected chi connectivity index (χ2v) is 8.30. The molecule has 0 unspecified atom stereocenters. The highest BCUT2D eigenvalue weighted by Crippen LogP contribution is 2.40. The fraction of sp³-hybridized carbons (Fsp3) is 0.190. The molecule has 0 fully saturated rings. The molecule has 0 aliphatic rings. The van der Waals surface area contributed by atoms with Crippen molar-refractivity contribution in [2.75, 3.05) is 0 Å². The van der Waals surface area contributed by atoms with Crippen molar-refractivity contribution in [2.45, 2.75) is 10.4 Å². The van der Waals surface area contributed by atoms with E-state index in [0.29, 0.717) is 21.3 Å². The fourth-order valence-corrected chi connectivity index (χ4v) is 4.62. The molecule has 0 N–H and O–H groups in total. The molecule has 2 heterocycles. The van der Waals surface area contributed by atoms with Crippen LogP contribution in [0.4, 0.5) is 0 Å². The summed E-state index contributed by atoms with van der Waals surface area (Å²) in [6.07, 6.45) is 0. The van der Waals surface area contributed by atoms with Gasteiger partial charge in [0.05, 0.1) is 5.25 Å². The molecule has 0 aliphatic carbocycles. The lowest BCUT2D eigenvalue weighted by Crippen LogP contribution is -2.37. The van der Waals surface area contributed by atoms with E-state index in [1.54, 1.807) is 18.7 Å². The average Bonchev–Trinajstić information content (AvgIpc) is 3.06. The number of fused-ring (bicyclic) bond motifs is 1. The molecular formula is C21H19ClN4O2S. The summed E-state index contributed by atoms with van der Waals surface area (Å²) in [7, 11) is 4.90. The van der Waals surface area contributed by atoms with Crippen LogP contribution in [0.5, 0.6) is 0 Å². The van der Waals surface area contributed by atoms with Crippen LogP contribution in [0.1, 0.15) is 16.4 Å². The van der Waals surface area contributed by atoms with Gasteiger partial charge in [-0.2, -0.15) is 0 Å². The minimum Gasteiger partial charge on any atom is -0.316 e. The van der Waals surface area contributed by atoms with Crippen LogP contribution in [-0.2, 0) is 21.1 Å². The summed E-state index contributed by atoms with van der Waals surface area (Å²) < 4.78 is 4.26. The molecule has 2 aromatic carbocycles. The van der Waals surface area contributed by atoms with Gasteiger partial charge in [0.2, 0.25) is 0 Å². The molecule has 6 nitrogen and oxygen atoms in total. The molecule has 2 aromatic heterocycles. The normalized spacial score (nSPS) is 12.4. The number of thioether (sulfide) groups is 1. The second-order valence-electron chi connectivity index (χ2n) is 6.79.